The molecule has 0 radical (unpaired) electrons. The Morgan fingerprint density at radius 1 is 1.31 bits per heavy atom. The van der Waals surface area contributed by atoms with Crippen molar-refractivity contribution in [3.8, 4) is 0 Å². The number of halogens is 1. The third-order valence-electron chi connectivity index (χ3n) is 9.22. The van der Waals surface area contributed by atoms with Crippen molar-refractivity contribution < 1.29 is 9.90 Å². The van der Waals surface area contributed by atoms with Gasteiger partial charge in [0.25, 0.3) is 0 Å². The Bertz CT molecular complexity index is 889. The molecular formula is C23H32BrN3O2. The van der Waals surface area contributed by atoms with Crippen molar-refractivity contribution in [3.05, 3.63) is 28.2 Å². The summed E-state index contributed by atoms with van der Waals surface area (Å²) in [5, 5.41) is 19.2. The molecule has 1 saturated carbocycles. The van der Waals surface area contributed by atoms with E-state index in [0.29, 0.717) is 24.9 Å². The van der Waals surface area contributed by atoms with E-state index in [1.807, 2.05) is 19.2 Å². The molecule has 1 spiro atoms. The predicted octanol–water partition coefficient (Wildman–Crippen LogP) is 3.40. The highest BCUT2D eigenvalue weighted by atomic mass is 79.9. The van der Waals surface area contributed by atoms with Gasteiger partial charge in [-0.25, -0.2) is 0 Å². The van der Waals surface area contributed by atoms with Crippen molar-refractivity contribution in [2.24, 2.45) is 5.41 Å². The lowest BCUT2D eigenvalue weighted by molar-refractivity contribution is -0.171. The van der Waals surface area contributed by atoms with E-state index >= 15 is 0 Å². The SMILES string of the molecule is CN[C@]12CN3[C@H](CCC[C@@H]3C)C[C@]1(O)C(C)(C)[C@]1(C2)C(=O)Nc2c(Br)cccc21. The number of nitrogens with one attached hydrogen (secondary N) is 2. The van der Waals surface area contributed by atoms with E-state index in [4.69, 9.17) is 0 Å². The molecule has 3 aliphatic heterocycles. The first kappa shape index (κ1) is 20.0. The molecule has 4 aliphatic rings. The first-order chi connectivity index (χ1) is 13.6. The molecule has 3 N–H and O–H groups in total. The average Bonchev–Trinajstić information content (AvgIpc) is 3.05. The Labute approximate surface area is 181 Å². The Hall–Kier alpha value is -0.950. The van der Waals surface area contributed by atoms with Crippen molar-refractivity contribution in [2.75, 3.05) is 18.9 Å². The summed E-state index contributed by atoms with van der Waals surface area (Å²) in [6.45, 7) is 7.32. The maximum atomic E-state index is 13.7. The molecule has 6 heteroatoms. The quantitative estimate of drug-likeness (QED) is 0.599. The van der Waals surface area contributed by atoms with E-state index in [1.54, 1.807) is 0 Å². The summed E-state index contributed by atoms with van der Waals surface area (Å²) in [5.41, 5.74) is -1.00. The zero-order chi connectivity index (χ0) is 20.8. The number of aliphatic hydroxyl groups is 1. The molecule has 1 amide bonds. The third-order valence-corrected chi connectivity index (χ3v) is 9.88. The molecule has 5 atom stereocenters. The highest BCUT2D eigenvalue weighted by Crippen LogP contribution is 2.69. The van der Waals surface area contributed by atoms with E-state index in [0.717, 1.165) is 28.7 Å². The monoisotopic (exact) mass is 461 g/mol. The maximum absolute atomic E-state index is 13.7. The first-order valence-corrected chi connectivity index (χ1v) is 11.7. The van der Waals surface area contributed by atoms with Crippen LogP contribution in [0.3, 0.4) is 0 Å². The molecular weight excluding hydrogens is 430 g/mol. The summed E-state index contributed by atoms with van der Waals surface area (Å²) in [6, 6.07) is 6.94. The normalized spacial score (nSPS) is 43.0. The van der Waals surface area contributed by atoms with Crippen molar-refractivity contribution in [1.29, 1.82) is 0 Å². The maximum Gasteiger partial charge on any atom is 0.235 e. The van der Waals surface area contributed by atoms with Crippen LogP contribution in [0.15, 0.2) is 22.7 Å². The van der Waals surface area contributed by atoms with Crippen LogP contribution >= 0.6 is 15.9 Å². The number of carbonyl (C=O) groups excluding carboxylic acids is 1. The van der Waals surface area contributed by atoms with Crippen LogP contribution in [0.2, 0.25) is 0 Å². The number of rotatable bonds is 1. The highest BCUT2D eigenvalue weighted by molar-refractivity contribution is 9.10. The van der Waals surface area contributed by atoms with Crippen LogP contribution in [0.4, 0.5) is 5.69 Å². The zero-order valence-electron chi connectivity index (χ0n) is 17.8. The number of amides is 1. The largest absolute Gasteiger partial charge is 0.387 e. The fourth-order valence-corrected chi connectivity index (χ4v) is 7.89. The van der Waals surface area contributed by atoms with E-state index in [2.05, 4.69) is 58.3 Å². The van der Waals surface area contributed by atoms with Gasteiger partial charge in [0.15, 0.2) is 0 Å². The molecule has 0 bridgehead atoms. The van der Waals surface area contributed by atoms with Crippen molar-refractivity contribution in [1.82, 2.24) is 10.2 Å². The Morgan fingerprint density at radius 3 is 2.79 bits per heavy atom. The van der Waals surface area contributed by atoms with Gasteiger partial charge in [-0.05, 0) is 67.2 Å². The summed E-state index contributed by atoms with van der Waals surface area (Å²) >= 11 is 3.62. The molecule has 158 valence electrons. The van der Waals surface area contributed by atoms with Gasteiger partial charge in [0.2, 0.25) is 5.91 Å². The van der Waals surface area contributed by atoms with Gasteiger partial charge in [-0.1, -0.05) is 32.4 Å². The Morgan fingerprint density at radius 2 is 2.07 bits per heavy atom. The van der Waals surface area contributed by atoms with Gasteiger partial charge in [0.05, 0.1) is 22.2 Å². The van der Waals surface area contributed by atoms with Crippen LogP contribution < -0.4 is 10.6 Å². The molecule has 3 heterocycles. The number of benzene rings is 1. The van der Waals surface area contributed by atoms with Crippen molar-refractivity contribution in [3.63, 3.8) is 0 Å². The number of para-hydroxylation sites is 1. The number of nitrogens with zero attached hydrogens (tertiary/aromatic N) is 1. The minimum atomic E-state index is -0.978. The molecule has 29 heavy (non-hydrogen) atoms. The number of hydrogen-bond acceptors (Lipinski definition) is 4. The minimum absolute atomic E-state index is 0.0212. The molecule has 0 aromatic heterocycles. The van der Waals surface area contributed by atoms with Crippen molar-refractivity contribution in [2.45, 2.75) is 81.5 Å². The molecule has 0 unspecified atom stereocenters. The minimum Gasteiger partial charge on any atom is -0.387 e. The molecule has 1 aromatic carbocycles. The number of anilines is 1. The molecule has 2 saturated heterocycles. The van der Waals surface area contributed by atoms with E-state index in [1.165, 1.54) is 12.8 Å². The molecule has 5 rings (SSSR count). The Balaban J connectivity index is 1.71. The smallest absolute Gasteiger partial charge is 0.235 e. The molecule has 1 aromatic rings. The highest BCUT2D eigenvalue weighted by Gasteiger charge is 2.79. The van der Waals surface area contributed by atoms with Gasteiger partial charge in [-0.15, -0.1) is 0 Å². The topological polar surface area (TPSA) is 64.6 Å². The summed E-state index contributed by atoms with van der Waals surface area (Å²) in [7, 11) is 1.96. The number of piperidine rings is 2. The van der Waals surface area contributed by atoms with Gasteiger partial charge in [-0.3, -0.25) is 9.69 Å². The summed E-state index contributed by atoms with van der Waals surface area (Å²) in [5.74, 6) is 0.0212. The second-order valence-corrected chi connectivity index (χ2v) is 11.2. The number of hydrogen-bond donors (Lipinski definition) is 3. The fourth-order valence-electron chi connectivity index (χ4n) is 7.43. The van der Waals surface area contributed by atoms with Gasteiger partial charge in [-0.2, -0.15) is 0 Å². The van der Waals surface area contributed by atoms with Gasteiger partial charge >= 0.3 is 0 Å². The second kappa shape index (κ2) is 6.06. The number of likely N-dealkylation sites (N-methyl/N-ethyl adjacent to an activating group) is 1. The first-order valence-electron chi connectivity index (χ1n) is 10.9. The van der Waals surface area contributed by atoms with Gasteiger partial charge in [0.1, 0.15) is 0 Å². The van der Waals surface area contributed by atoms with Crippen LogP contribution in [-0.4, -0.2) is 52.7 Å². The lowest BCUT2D eigenvalue weighted by Crippen LogP contribution is -2.74. The standard InChI is InChI=1S/C23H32BrN3O2/c1-14-7-5-8-15-11-23(29)20(2,3)22(12-21(23,25-4)13-27(14)15)16-9-6-10-17(24)18(16)26-19(22)28/h6,9-10,14-15,25,29H,5,7-8,11-13H2,1-4H3,(H,26,28)/t14-,15+,21+,22-,23-/m0/s1. The summed E-state index contributed by atoms with van der Waals surface area (Å²) in [4.78, 5) is 16.3. The van der Waals surface area contributed by atoms with E-state index in [9.17, 15) is 9.90 Å². The second-order valence-electron chi connectivity index (χ2n) is 10.3. The zero-order valence-corrected chi connectivity index (χ0v) is 19.4. The van der Waals surface area contributed by atoms with E-state index in [-0.39, 0.29) is 5.91 Å². The average molecular weight is 462 g/mol. The van der Waals surface area contributed by atoms with Gasteiger partial charge < -0.3 is 15.7 Å². The van der Waals surface area contributed by atoms with E-state index < -0.39 is 22.0 Å². The van der Waals surface area contributed by atoms with Crippen molar-refractivity contribution >= 4 is 27.5 Å². The van der Waals surface area contributed by atoms with Crippen LogP contribution in [0.5, 0.6) is 0 Å². The third kappa shape index (κ3) is 2.14. The van der Waals surface area contributed by atoms with Crippen LogP contribution in [-0.2, 0) is 10.2 Å². The van der Waals surface area contributed by atoms with Crippen LogP contribution in [0.25, 0.3) is 0 Å². The molecule has 1 aliphatic carbocycles. The van der Waals surface area contributed by atoms with Gasteiger partial charge in [0, 0.05) is 28.5 Å². The predicted molar refractivity (Wildman–Crippen MR) is 118 cm³/mol. The van der Waals surface area contributed by atoms with Crippen LogP contribution in [0, 0.1) is 5.41 Å². The lowest BCUT2D eigenvalue weighted by atomic mass is 9.57. The number of carbonyl (C=O) groups is 1. The fraction of sp³-hybridized carbons (Fsp3) is 0.696. The van der Waals surface area contributed by atoms with Crippen LogP contribution in [0.1, 0.15) is 58.4 Å². The number of fused-ring (bicyclic) bond motifs is 4. The lowest BCUT2D eigenvalue weighted by Gasteiger charge is -2.59. The summed E-state index contributed by atoms with van der Waals surface area (Å²) < 4.78 is 0.905. The summed E-state index contributed by atoms with van der Waals surface area (Å²) in [6.07, 6.45) is 4.87. The molecule has 5 nitrogen and oxygen atoms in total. The Kier molecular flexibility index (Phi) is 4.17. The molecule has 3 fully saturated rings.